The van der Waals surface area contributed by atoms with Crippen LogP contribution in [0.3, 0.4) is 0 Å². The van der Waals surface area contributed by atoms with Crippen molar-refractivity contribution >= 4 is 23.6 Å². The van der Waals surface area contributed by atoms with Crippen LogP contribution >= 0.6 is 11.8 Å². The Bertz CT molecular complexity index is 354. The number of rotatable bonds is 2. The van der Waals surface area contributed by atoms with Gasteiger partial charge in [-0.05, 0) is 0 Å². The van der Waals surface area contributed by atoms with Crippen LogP contribution in [0.1, 0.15) is 0 Å². The average Bonchev–Trinajstić information content (AvgIpc) is 2.86. The number of thioether (sulfide) groups is 1. The van der Waals surface area contributed by atoms with E-state index in [4.69, 9.17) is 0 Å². The first-order valence-corrected chi connectivity index (χ1v) is 6.27. The molecule has 1 saturated heterocycles. The van der Waals surface area contributed by atoms with E-state index in [0.29, 0.717) is 0 Å². The van der Waals surface area contributed by atoms with Crippen molar-refractivity contribution in [1.29, 1.82) is 0 Å². The van der Waals surface area contributed by atoms with E-state index in [-0.39, 0.29) is 34.2 Å². The summed E-state index contributed by atoms with van der Waals surface area (Å²) in [5.74, 6) is -0.377. The SMILES string of the molecule is CNC(=O)C1C2C=CC(S2)C1C(=O)N(C)C. The lowest BCUT2D eigenvalue weighted by molar-refractivity contribution is -0.139. The first kappa shape index (κ1) is 11.5. The molecule has 1 fully saturated rings. The number of hydrogen-bond donors (Lipinski definition) is 1. The molecule has 5 heteroatoms. The van der Waals surface area contributed by atoms with Crippen LogP contribution in [0.5, 0.6) is 0 Å². The highest BCUT2D eigenvalue weighted by Gasteiger charge is 2.52. The van der Waals surface area contributed by atoms with Crippen molar-refractivity contribution in [3.63, 3.8) is 0 Å². The Morgan fingerprint density at radius 1 is 1.19 bits per heavy atom. The highest BCUT2D eigenvalue weighted by Crippen LogP contribution is 2.49. The van der Waals surface area contributed by atoms with E-state index >= 15 is 0 Å². The van der Waals surface area contributed by atoms with Crippen LogP contribution in [0.2, 0.25) is 0 Å². The number of nitrogens with one attached hydrogen (secondary N) is 1. The summed E-state index contributed by atoms with van der Waals surface area (Å²) in [4.78, 5) is 25.5. The Labute approximate surface area is 99.4 Å². The Morgan fingerprint density at radius 2 is 1.75 bits per heavy atom. The largest absolute Gasteiger partial charge is 0.359 e. The van der Waals surface area contributed by atoms with Gasteiger partial charge in [0, 0.05) is 31.6 Å². The van der Waals surface area contributed by atoms with Gasteiger partial charge in [0.05, 0.1) is 11.8 Å². The lowest BCUT2D eigenvalue weighted by Crippen LogP contribution is -2.45. The molecular weight excluding hydrogens is 224 g/mol. The number of fused-ring (bicyclic) bond motifs is 2. The van der Waals surface area contributed by atoms with Gasteiger partial charge < -0.3 is 10.2 Å². The zero-order chi connectivity index (χ0) is 11.9. The van der Waals surface area contributed by atoms with Gasteiger partial charge in [-0.25, -0.2) is 0 Å². The molecule has 0 aromatic rings. The minimum absolute atomic E-state index is 0.0236. The molecule has 2 heterocycles. The molecule has 2 amide bonds. The molecule has 4 nitrogen and oxygen atoms in total. The lowest BCUT2D eigenvalue weighted by atomic mass is 9.81. The average molecular weight is 240 g/mol. The zero-order valence-corrected chi connectivity index (χ0v) is 10.5. The molecule has 0 aromatic heterocycles. The maximum absolute atomic E-state index is 12.1. The highest BCUT2D eigenvalue weighted by molar-refractivity contribution is 8.01. The number of carbonyl (C=O) groups excluding carboxylic acids is 2. The van der Waals surface area contributed by atoms with Crippen molar-refractivity contribution in [2.75, 3.05) is 21.1 Å². The predicted octanol–water partition coefficient (Wildman–Crippen LogP) is 0.107. The fraction of sp³-hybridized carbons (Fsp3) is 0.636. The second-order valence-electron chi connectivity index (χ2n) is 4.35. The first-order chi connectivity index (χ1) is 7.56. The van der Waals surface area contributed by atoms with E-state index in [9.17, 15) is 9.59 Å². The highest BCUT2D eigenvalue weighted by atomic mass is 32.2. The van der Waals surface area contributed by atoms with Crippen molar-refractivity contribution < 1.29 is 9.59 Å². The van der Waals surface area contributed by atoms with Crippen LogP contribution in [0.4, 0.5) is 0 Å². The minimum Gasteiger partial charge on any atom is -0.359 e. The molecule has 2 rings (SSSR count). The smallest absolute Gasteiger partial charge is 0.227 e. The third kappa shape index (κ3) is 1.63. The van der Waals surface area contributed by atoms with Gasteiger partial charge >= 0.3 is 0 Å². The monoisotopic (exact) mass is 240 g/mol. The van der Waals surface area contributed by atoms with Gasteiger partial charge in [-0.1, -0.05) is 12.2 Å². The molecule has 2 bridgehead atoms. The quantitative estimate of drug-likeness (QED) is 0.697. The summed E-state index contributed by atoms with van der Waals surface area (Å²) >= 11 is 1.72. The van der Waals surface area contributed by atoms with E-state index < -0.39 is 0 Å². The number of nitrogens with zero attached hydrogens (tertiary/aromatic N) is 1. The van der Waals surface area contributed by atoms with Crippen molar-refractivity contribution in [2.24, 2.45) is 11.8 Å². The van der Waals surface area contributed by atoms with Gasteiger partial charge in [-0.15, -0.1) is 11.8 Å². The Hall–Kier alpha value is -0.970. The van der Waals surface area contributed by atoms with Crippen LogP contribution in [-0.2, 0) is 9.59 Å². The van der Waals surface area contributed by atoms with Crippen LogP contribution in [-0.4, -0.2) is 48.4 Å². The molecule has 0 radical (unpaired) electrons. The second-order valence-corrected chi connectivity index (χ2v) is 5.71. The van der Waals surface area contributed by atoms with Crippen LogP contribution in [0, 0.1) is 11.8 Å². The fourth-order valence-electron chi connectivity index (χ4n) is 2.38. The summed E-state index contributed by atoms with van der Waals surface area (Å²) in [5, 5.41) is 2.99. The number of carbonyl (C=O) groups is 2. The van der Waals surface area contributed by atoms with Crippen molar-refractivity contribution in [3.8, 4) is 0 Å². The maximum atomic E-state index is 12.1. The van der Waals surface area contributed by atoms with Crippen molar-refractivity contribution in [2.45, 2.75) is 10.5 Å². The van der Waals surface area contributed by atoms with Gasteiger partial charge in [0.2, 0.25) is 11.8 Å². The summed E-state index contributed by atoms with van der Waals surface area (Å²) in [6.07, 6.45) is 4.11. The van der Waals surface area contributed by atoms with Crippen molar-refractivity contribution in [1.82, 2.24) is 10.2 Å². The van der Waals surface area contributed by atoms with E-state index in [1.807, 2.05) is 0 Å². The predicted molar refractivity (Wildman–Crippen MR) is 64.0 cm³/mol. The molecule has 88 valence electrons. The molecule has 4 unspecified atom stereocenters. The molecule has 0 saturated carbocycles. The summed E-state index contributed by atoms with van der Waals surface area (Å²) in [5.41, 5.74) is 0. The lowest BCUT2D eigenvalue weighted by Gasteiger charge is -2.26. The standard InChI is InChI=1S/C11H16N2O2S/c1-12-10(14)8-6-4-5-7(16-6)9(8)11(15)13(2)3/h4-9H,1-3H3,(H,12,14). The summed E-state index contributed by atoms with van der Waals surface area (Å²) in [7, 11) is 5.10. The molecule has 0 aliphatic carbocycles. The minimum atomic E-state index is -0.208. The molecule has 4 atom stereocenters. The van der Waals surface area contributed by atoms with Crippen LogP contribution < -0.4 is 5.32 Å². The topological polar surface area (TPSA) is 49.4 Å². The molecule has 16 heavy (non-hydrogen) atoms. The number of amides is 2. The molecule has 2 aliphatic rings. The van der Waals surface area contributed by atoms with E-state index in [1.54, 1.807) is 37.8 Å². The molecule has 2 aliphatic heterocycles. The van der Waals surface area contributed by atoms with Crippen LogP contribution in [0.15, 0.2) is 12.2 Å². The third-order valence-corrected chi connectivity index (χ3v) is 4.70. The molecule has 1 N–H and O–H groups in total. The van der Waals surface area contributed by atoms with E-state index in [1.165, 1.54) is 0 Å². The maximum Gasteiger partial charge on any atom is 0.227 e. The van der Waals surface area contributed by atoms with Gasteiger partial charge in [0.1, 0.15) is 0 Å². The Balaban J connectivity index is 2.25. The summed E-state index contributed by atoms with van der Waals surface area (Å²) < 4.78 is 0. The van der Waals surface area contributed by atoms with Gasteiger partial charge in [-0.2, -0.15) is 0 Å². The van der Waals surface area contributed by atoms with E-state index in [2.05, 4.69) is 17.5 Å². The Kier molecular flexibility index (Phi) is 2.97. The first-order valence-electron chi connectivity index (χ1n) is 5.33. The third-order valence-electron chi connectivity index (χ3n) is 3.17. The van der Waals surface area contributed by atoms with E-state index in [0.717, 1.165) is 0 Å². The van der Waals surface area contributed by atoms with Gasteiger partial charge in [0.25, 0.3) is 0 Å². The zero-order valence-electron chi connectivity index (χ0n) is 9.64. The Morgan fingerprint density at radius 3 is 2.25 bits per heavy atom. The van der Waals surface area contributed by atoms with Gasteiger partial charge in [0.15, 0.2) is 0 Å². The number of hydrogen-bond acceptors (Lipinski definition) is 3. The molecule has 0 aromatic carbocycles. The second kappa shape index (κ2) is 4.13. The molecular formula is C11H16N2O2S. The molecule has 0 spiro atoms. The van der Waals surface area contributed by atoms with Crippen LogP contribution in [0.25, 0.3) is 0 Å². The normalized spacial score (nSPS) is 35.2. The van der Waals surface area contributed by atoms with Gasteiger partial charge in [-0.3, -0.25) is 9.59 Å². The summed E-state index contributed by atoms with van der Waals surface area (Å²) in [6.45, 7) is 0. The summed E-state index contributed by atoms with van der Waals surface area (Å²) in [6, 6.07) is 0. The van der Waals surface area contributed by atoms with Crippen molar-refractivity contribution in [3.05, 3.63) is 12.2 Å². The fourth-order valence-corrected chi connectivity index (χ4v) is 4.02.